The molecular weight excluding hydrogens is 616 g/mol. The second-order valence-electron chi connectivity index (χ2n) is 11.3. The number of aliphatic hydroxyl groups excluding tert-OH is 2. The van der Waals surface area contributed by atoms with Crippen molar-refractivity contribution in [2.45, 2.75) is 52.5 Å². The number of nitrogens with zero attached hydrogens (tertiary/aromatic N) is 2. The Morgan fingerprint density at radius 2 is 1.60 bits per heavy atom. The van der Waals surface area contributed by atoms with Gasteiger partial charge in [-0.3, -0.25) is 4.98 Å². The molecule has 0 radical (unpaired) electrons. The van der Waals surface area contributed by atoms with Crippen molar-refractivity contribution >= 4 is 11.6 Å². The van der Waals surface area contributed by atoms with Crippen molar-refractivity contribution in [3.63, 3.8) is 0 Å². The standard InChI is InChI=1S/C33H34ClN3O5.C4H9N/c1-21-25(6-4-7-28(21)29-8-5-9-31(40-3)22(29)2)20-42-33-12-32(41-19-24-10-23(13-35)14-36-15-24)26(11-30(33)34)16-37-27(17-38)18-39;1-2-4-5-3-1/h4-12,14-15,27,37-39H,16-20H2,1-3H3;5H,1-4H2. The van der Waals surface area contributed by atoms with Gasteiger partial charge in [0.1, 0.15) is 36.5 Å². The van der Waals surface area contributed by atoms with Gasteiger partial charge in [0.25, 0.3) is 0 Å². The zero-order valence-corrected chi connectivity index (χ0v) is 27.9. The van der Waals surface area contributed by atoms with Crippen LogP contribution in [0.15, 0.2) is 67.0 Å². The lowest BCUT2D eigenvalue weighted by Crippen LogP contribution is -2.35. The Kier molecular flexibility index (Phi) is 13.8. The monoisotopic (exact) mass is 658 g/mol. The second-order valence-corrected chi connectivity index (χ2v) is 11.7. The molecule has 10 heteroatoms. The van der Waals surface area contributed by atoms with E-state index in [-0.39, 0.29) is 26.4 Å². The third kappa shape index (κ3) is 9.91. The van der Waals surface area contributed by atoms with Crippen LogP contribution in [0.5, 0.6) is 17.2 Å². The molecule has 9 nitrogen and oxygen atoms in total. The Hall–Kier alpha value is -4.17. The normalized spacial score (nSPS) is 12.3. The molecule has 0 amide bonds. The fourth-order valence-corrected chi connectivity index (χ4v) is 5.47. The third-order valence-corrected chi connectivity index (χ3v) is 8.33. The van der Waals surface area contributed by atoms with Crippen molar-refractivity contribution in [1.82, 2.24) is 15.6 Å². The van der Waals surface area contributed by atoms with E-state index in [0.717, 1.165) is 44.7 Å². The molecule has 1 saturated heterocycles. The van der Waals surface area contributed by atoms with E-state index in [4.69, 9.17) is 25.8 Å². The highest BCUT2D eigenvalue weighted by Gasteiger charge is 2.16. The minimum Gasteiger partial charge on any atom is -0.496 e. The summed E-state index contributed by atoms with van der Waals surface area (Å²) in [7, 11) is 1.67. The molecule has 2 heterocycles. The predicted molar refractivity (Wildman–Crippen MR) is 184 cm³/mol. The SMILES string of the molecule is C1CCNC1.COc1cccc(-c2cccc(COc3cc(OCc4cncc(C#N)c4)c(CNC(CO)CO)cc3Cl)c2C)c1C. The summed E-state index contributed by atoms with van der Waals surface area (Å²) in [5.74, 6) is 1.79. The van der Waals surface area contributed by atoms with E-state index in [9.17, 15) is 15.5 Å². The maximum absolute atomic E-state index is 9.47. The Balaban J connectivity index is 0.000000912. The quantitative estimate of drug-likeness (QED) is 0.139. The second kappa shape index (κ2) is 18.2. The van der Waals surface area contributed by atoms with Crippen molar-refractivity contribution in [1.29, 1.82) is 5.26 Å². The first-order valence-corrected chi connectivity index (χ1v) is 16.1. The minimum atomic E-state index is -0.493. The van der Waals surface area contributed by atoms with Crippen LogP contribution in [0, 0.1) is 25.2 Å². The number of aromatic nitrogens is 1. The molecule has 1 fully saturated rings. The Morgan fingerprint density at radius 1 is 0.894 bits per heavy atom. The first-order valence-electron chi connectivity index (χ1n) is 15.7. The van der Waals surface area contributed by atoms with Crippen molar-refractivity contribution in [2.75, 3.05) is 33.4 Å². The molecular formula is C37H43ClN4O5. The number of hydrogen-bond donors (Lipinski definition) is 4. The topological polar surface area (TPSA) is 129 Å². The van der Waals surface area contributed by atoms with Crippen LogP contribution in [0.1, 0.15) is 46.2 Å². The van der Waals surface area contributed by atoms with Gasteiger partial charge < -0.3 is 35.1 Å². The fraction of sp³-hybridized carbons (Fsp3) is 0.351. The number of nitrogens with one attached hydrogen (secondary N) is 2. The van der Waals surface area contributed by atoms with Gasteiger partial charge in [-0.2, -0.15) is 5.26 Å². The summed E-state index contributed by atoms with van der Waals surface area (Å²) in [6.07, 6.45) is 5.91. The lowest BCUT2D eigenvalue weighted by atomic mass is 9.93. The summed E-state index contributed by atoms with van der Waals surface area (Å²) in [6.45, 7) is 6.92. The molecule has 0 bridgehead atoms. The number of halogens is 1. The number of hydrogen-bond acceptors (Lipinski definition) is 9. The van der Waals surface area contributed by atoms with E-state index in [1.54, 1.807) is 31.5 Å². The number of ether oxygens (including phenoxy) is 3. The van der Waals surface area contributed by atoms with Gasteiger partial charge in [-0.05, 0) is 85.8 Å². The molecule has 0 aliphatic carbocycles. The maximum Gasteiger partial charge on any atom is 0.142 e. The summed E-state index contributed by atoms with van der Waals surface area (Å²) in [5, 5.41) is 34.9. The number of pyridine rings is 1. The molecule has 4 aromatic rings. The fourth-order valence-electron chi connectivity index (χ4n) is 5.23. The van der Waals surface area contributed by atoms with Crippen molar-refractivity contribution < 1.29 is 24.4 Å². The zero-order valence-electron chi connectivity index (χ0n) is 27.2. The van der Waals surface area contributed by atoms with Gasteiger partial charge in [0.15, 0.2) is 0 Å². The molecule has 0 saturated carbocycles. The number of benzene rings is 3. The van der Waals surface area contributed by atoms with Gasteiger partial charge in [-0.15, -0.1) is 0 Å². The average Bonchev–Trinajstić information content (AvgIpc) is 3.69. The molecule has 0 spiro atoms. The number of nitriles is 1. The molecule has 3 aromatic carbocycles. The molecule has 0 unspecified atom stereocenters. The summed E-state index contributed by atoms with van der Waals surface area (Å²) in [5.41, 5.74) is 7.24. The summed E-state index contributed by atoms with van der Waals surface area (Å²) >= 11 is 6.66. The van der Waals surface area contributed by atoms with E-state index in [1.165, 1.54) is 32.1 Å². The summed E-state index contributed by atoms with van der Waals surface area (Å²) in [6, 6.07) is 18.9. The maximum atomic E-state index is 9.47. The Labute approximate surface area is 282 Å². The third-order valence-electron chi connectivity index (χ3n) is 8.04. The summed E-state index contributed by atoms with van der Waals surface area (Å²) < 4.78 is 17.9. The van der Waals surface area contributed by atoms with Gasteiger partial charge in [-0.1, -0.05) is 41.9 Å². The summed E-state index contributed by atoms with van der Waals surface area (Å²) in [4.78, 5) is 4.10. The van der Waals surface area contributed by atoms with Gasteiger partial charge in [0.2, 0.25) is 0 Å². The van der Waals surface area contributed by atoms with E-state index in [2.05, 4.69) is 40.7 Å². The molecule has 1 aliphatic heterocycles. The van der Waals surface area contributed by atoms with Gasteiger partial charge in [0, 0.05) is 36.1 Å². The average molecular weight is 659 g/mol. The van der Waals surface area contributed by atoms with E-state index in [1.807, 2.05) is 31.2 Å². The lowest BCUT2D eigenvalue weighted by Gasteiger charge is -2.19. The smallest absolute Gasteiger partial charge is 0.142 e. The zero-order chi connectivity index (χ0) is 33.6. The van der Waals surface area contributed by atoms with E-state index < -0.39 is 6.04 Å². The van der Waals surface area contributed by atoms with Crippen LogP contribution < -0.4 is 24.8 Å². The lowest BCUT2D eigenvalue weighted by molar-refractivity contribution is 0.170. The van der Waals surface area contributed by atoms with E-state index in [0.29, 0.717) is 28.6 Å². The number of methoxy groups -OCH3 is 1. The van der Waals surface area contributed by atoms with Gasteiger partial charge in [0.05, 0.1) is 37.0 Å². The van der Waals surface area contributed by atoms with E-state index >= 15 is 0 Å². The van der Waals surface area contributed by atoms with Gasteiger partial charge in [-0.25, -0.2) is 0 Å². The molecule has 1 aromatic heterocycles. The Morgan fingerprint density at radius 3 is 2.26 bits per heavy atom. The number of rotatable bonds is 13. The first kappa shape index (κ1) is 35.7. The van der Waals surface area contributed by atoms with Gasteiger partial charge >= 0.3 is 0 Å². The predicted octanol–water partition coefficient (Wildman–Crippen LogP) is 5.87. The highest BCUT2D eigenvalue weighted by Crippen LogP contribution is 2.36. The molecule has 47 heavy (non-hydrogen) atoms. The van der Waals surface area contributed by atoms with Crippen molar-refractivity contribution in [2.24, 2.45) is 0 Å². The van der Waals surface area contributed by atoms with Crippen LogP contribution in [0.25, 0.3) is 11.1 Å². The molecule has 5 rings (SSSR count). The molecule has 248 valence electrons. The molecule has 1 aliphatic rings. The molecule has 0 atom stereocenters. The van der Waals surface area contributed by atoms with Crippen LogP contribution in [0.4, 0.5) is 0 Å². The number of aliphatic hydroxyl groups is 2. The highest BCUT2D eigenvalue weighted by molar-refractivity contribution is 6.32. The minimum absolute atomic E-state index is 0.168. The largest absolute Gasteiger partial charge is 0.496 e. The first-order chi connectivity index (χ1) is 22.9. The van der Waals surface area contributed by atoms with Crippen LogP contribution in [-0.4, -0.2) is 54.7 Å². The van der Waals surface area contributed by atoms with Crippen molar-refractivity contribution in [3.8, 4) is 34.4 Å². The van der Waals surface area contributed by atoms with Crippen molar-refractivity contribution in [3.05, 3.63) is 105 Å². The molecule has 4 N–H and O–H groups in total. The van der Waals surface area contributed by atoms with Crippen LogP contribution in [0.3, 0.4) is 0 Å². The van der Waals surface area contributed by atoms with Crippen LogP contribution >= 0.6 is 11.6 Å². The van der Waals surface area contributed by atoms with Crippen LogP contribution in [-0.2, 0) is 19.8 Å². The van der Waals surface area contributed by atoms with Crippen LogP contribution in [0.2, 0.25) is 5.02 Å². The Bertz CT molecular complexity index is 1640. The highest BCUT2D eigenvalue weighted by atomic mass is 35.5.